The Kier molecular flexibility index (Phi) is 2.87. The van der Waals surface area contributed by atoms with Gasteiger partial charge in [0.25, 0.3) is 0 Å². The number of nitrogens with zero attached hydrogens (tertiary/aromatic N) is 3. The maximum absolute atomic E-state index is 6.42. The molecular formula is C14H22N4. The van der Waals surface area contributed by atoms with Crippen LogP contribution in [0, 0.1) is 0 Å². The zero-order valence-corrected chi connectivity index (χ0v) is 11.3. The third kappa shape index (κ3) is 1.67. The molecule has 4 heteroatoms. The number of nitrogens with two attached hydrogens (primary N) is 1. The zero-order chi connectivity index (χ0) is 12.8. The number of rotatable bonds is 1. The summed E-state index contributed by atoms with van der Waals surface area (Å²) in [7, 11) is 0. The molecule has 2 N–H and O–H groups in total. The van der Waals surface area contributed by atoms with Gasteiger partial charge in [-0.05, 0) is 39.8 Å². The Labute approximate surface area is 109 Å². The van der Waals surface area contributed by atoms with E-state index in [0.29, 0.717) is 6.04 Å². The lowest BCUT2D eigenvalue weighted by molar-refractivity contribution is 0.118. The number of likely N-dealkylation sites (tertiary alicyclic amines) is 1. The molecule has 1 aliphatic carbocycles. The van der Waals surface area contributed by atoms with E-state index < -0.39 is 0 Å². The first kappa shape index (κ1) is 12.1. The fourth-order valence-corrected chi connectivity index (χ4v) is 3.56. The molecule has 18 heavy (non-hydrogen) atoms. The summed E-state index contributed by atoms with van der Waals surface area (Å²) in [6, 6.07) is 0.825. The summed E-state index contributed by atoms with van der Waals surface area (Å²) in [4.78, 5) is 11.6. The van der Waals surface area contributed by atoms with Crippen LogP contribution in [0.25, 0.3) is 0 Å². The van der Waals surface area contributed by atoms with E-state index in [9.17, 15) is 0 Å². The average molecular weight is 246 g/mol. The highest BCUT2D eigenvalue weighted by atomic mass is 15.2. The molecule has 0 saturated carbocycles. The molecule has 0 radical (unpaired) electrons. The molecule has 1 unspecified atom stereocenters. The van der Waals surface area contributed by atoms with Crippen LogP contribution in [0.3, 0.4) is 0 Å². The van der Waals surface area contributed by atoms with Crippen molar-refractivity contribution in [2.75, 3.05) is 13.1 Å². The molecule has 1 aromatic heterocycles. The van der Waals surface area contributed by atoms with Crippen LogP contribution in [0.2, 0.25) is 0 Å². The number of piperidine rings is 1. The van der Waals surface area contributed by atoms with Crippen molar-refractivity contribution in [1.82, 2.24) is 14.9 Å². The third-order valence-electron chi connectivity index (χ3n) is 4.79. The minimum absolute atomic E-state index is 0.0922. The maximum Gasteiger partial charge on any atom is 0.0697 e. The van der Waals surface area contributed by atoms with E-state index in [2.05, 4.69) is 28.7 Å². The molecule has 2 aliphatic rings. The smallest absolute Gasteiger partial charge is 0.0697 e. The number of hydrogen-bond donors (Lipinski definition) is 1. The van der Waals surface area contributed by atoms with Gasteiger partial charge in [0, 0.05) is 36.3 Å². The Bertz CT molecular complexity index is 435. The van der Waals surface area contributed by atoms with Crippen molar-refractivity contribution in [1.29, 1.82) is 0 Å². The van der Waals surface area contributed by atoms with E-state index in [-0.39, 0.29) is 11.5 Å². The lowest BCUT2D eigenvalue weighted by atomic mass is 9.73. The second-order valence-corrected chi connectivity index (χ2v) is 5.95. The SMILES string of the molecule is CC(C)N1CCC2(CC1)c1nccnc1CC2N. The van der Waals surface area contributed by atoms with Gasteiger partial charge in [-0.1, -0.05) is 0 Å². The first-order valence-electron chi connectivity index (χ1n) is 6.93. The van der Waals surface area contributed by atoms with E-state index in [1.54, 1.807) is 6.20 Å². The fourth-order valence-electron chi connectivity index (χ4n) is 3.56. The van der Waals surface area contributed by atoms with Crippen molar-refractivity contribution in [2.24, 2.45) is 5.73 Å². The quantitative estimate of drug-likeness (QED) is 0.806. The van der Waals surface area contributed by atoms with Gasteiger partial charge in [-0.3, -0.25) is 9.97 Å². The monoisotopic (exact) mass is 246 g/mol. The molecule has 0 aromatic carbocycles. The summed E-state index contributed by atoms with van der Waals surface area (Å²) in [6.45, 7) is 6.78. The summed E-state index contributed by atoms with van der Waals surface area (Å²) in [5.74, 6) is 0. The topological polar surface area (TPSA) is 55.0 Å². The highest BCUT2D eigenvalue weighted by Crippen LogP contribution is 2.43. The van der Waals surface area contributed by atoms with Crippen LogP contribution < -0.4 is 5.73 Å². The normalized spacial score (nSPS) is 26.8. The molecule has 4 nitrogen and oxygen atoms in total. The molecule has 1 saturated heterocycles. The number of fused-ring (bicyclic) bond motifs is 2. The average Bonchev–Trinajstić information content (AvgIpc) is 2.64. The van der Waals surface area contributed by atoms with Gasteiger partial charge >= 0.3 is 0 Å². The van der Waals surface area contributed by atoms with E-state index in [1.807, 2.05) is 6.20 Å². The van der Waals surface area contributed by atoms with E-state index in [1.165, 1.54) is 5.69 Å². The highest BCUT2D eigenvalue weighted by Gasteiger charge is 2.48. The van der Waals surface area contributed by atoms with Gasteiger partial charge in [0.05, 0.1) is 11.4 Å². The molecule has 98 valence electrons. The van der Waals surface area contributed by atoms with Crippen LogP contribution in [0.4, 0.5) is 0 Å². The summed E-state index contributed by atoms with van der Waals surface area (Å²) in [5.41, 5.74) is 8.82. The summed E-state index contributed by atoms with van der Waals surface area (Å²) >= 11 is 0. The standard InChI is InChI=1S/C14H22N4/c1-10(2)18-7-3-14(4-8-18)12(15)9-11-13(14)17-6-5-16-11/h5-6,10,12H,3-4,7-9,15H2,1-2H3. The molecule has 0 amide bonds. The van der Waals surface area contributed by atoms with Crippen molar-refractivity contribution in [2.45, 2.75) is 50.6 Å². The van der Waals surface area contributed by atoms with Crippen LogP contribution in [-0.2, 0) is 11.8 Å². The largest absolute Gasteiger partial charge is 0.326 e. The Hall–Kier alpha value is -1.00. The van der Waals surface area contributed by atoms with Crippen molar-refractivity contribution < 1.29 is 0 Å². The molecule has 1 atom stereocenters. The van der Waals surface area contributed by atoms with Crippen LogP contribution in [0.5, 0.6) is 0 Å². The molecule has 0 bridgehead atoms. The second-order valence-electron chi connectivity index (χ2n) is 5.95. The Morgan fingerprint density at radius 3 is 2.61 bits per heavy atom. The highest BCUT2D eigenvalue weighted by molar-refractivity contribution is 5.33. The van der Waals surface area contributed by atoms with E-state index in [4.69, 9.17) is 5.73 Å². The first-order valence-corrected chi connectivity index (χ1v) is 6.93. The van der Waals surface area contributed by atoms with Gasteiger partial charge in [0.1, 0.15) is 0 Å². The van der Waals surface area contributed by atoms with Crippen LogP contribution in [0.1, 0.15) is 38.1 Å². The van der Waals surface area contributed by atoms with Crippen molar-refractivity contribution in [3.05, 3.63) is 23.8 Å². The van der Waals surface area contributed by atoms with E-state index in [0.717, 1.165) is 38.0 Å². The van der Waals surface area contributed by atoms with Gasteiger partial charge in [0.2, 0.25) is 0 Å². The minimum Gasteiger partial charge on any atom is -0.326 e. The molecule has 2 heterocycles. The Balaban J connectivity index is 1.88. The molecule has 1 aromatic rings. The van der Waals surface area contributed by atoms with Gasteiger partial charge < -0.3 is 10.6 Å². The minimum atomic E-state index is 0.0922. The lowest BCUT2D eigenvalue weighted by Gasteiger charge is -2.43. The Morgan fingerprint density at radius 1 is 1.28 bits per heavy atom. The van der Waals surface area contributed by atoms with Crippen molar-refractivity contribution >= 4 is 0 Å². The van der Waals surface area contributed by atoms with Crippen LogP contribution in [0.15, 0.2) is 12.4 Å². The van der Waals surface area contributed by atoms with E-state index >= 15 is 0 Å². The lowest BCUT2D eigenvalue weighted by Crippen LogP contribution is -2.52. The number of hydrogen-bond acceptors (Lipinski definition) is 4. The maximum atomic E-state index is 6.42. The predicted octanol–water partition coefficient (Wildman–Crippen LogP) is 1.10. The molecular weight excluding hydrogens is 224 g/mol. The van der Waals surface area contributed by atoms with Crippen molar-refractivity contribution in [3.8, 4) is 0 Å². The summed E-state index contributed by atoms with van der Waals surface area (Å²) in [5, 5.41) is 0. The fraction of sp³-hybridized carbons (Fsp3) is 0.714. The van der Waals surface area contributed by atoms with Gasteiger partial charge in [0.15, 0.2) is 0 Å². The molecule has 3 rings (SSSR count). The summed E-state index contributed by atoms with van der Waals surface area (Å²) in [6.07, 6.45) is 6.74. The van der Waals surface area contributed by atoms with Gasteiger partial charge in [-0.15, -0.1) is 0 Å². The third-order valence-corrected chi connectivity index (χ3v) is 4.79. The molecule has 1 spiro atoms. The second kappa shape index (κ2) is 4.28. The molecule has 1 aliphatic heterocycles. The van der Waals surface area contributed by atoms with Gasteiger partial charge in [-0.2, -0.15) is 0 Å². The first-order chi connectivity index (χ1) is 8.63. The van der Waals surface area contributed by atoms with Gasteiger partial charge in [-0.25, -0.2) is 0 Å². The predicted molar refractivity (Wildman–Crippen MR) is 71.3 cm³/mol. The Morgan fingerprint density at radius 2 is 1.94 bits per heavy atom. The van der Waals surface area contributed by atoms with Crippen LogP contribution in [-0.4, -0.2) is 40.0 Å². The zero-order valence-electron chi connectivity index (χ0n) is 11.3. The molecule has 1 fully saturated rings. The summed E-state index contributed by atoms with van der Waals surface area (Å²) < 4.78 is 0. The van der Waals surface area contributed by atoms with Crippen molar-refractivity contribution in [3.63, 3.8) is 0 Å². The number of aromatic nitrogens is 2. The van der Waals surface area contributed by atoms with Crippen LogP contribution >= 0.6 is 0 Å².